The third-order valence-electron chi connectivity index (χ3n) is 2.76. The second-order valence-electron chi connectivity index (χ2n) is 4.23. The Hall–Kier alpha value is -2.96. The van der Waals surface area contributed by atoms with Crippen LogP contribution in [0.4, 0.5) is 5.82 Å². The third kappa shape index (κ3) is 3.14. The smallest absolute Gasteiger partial charge is 0.335 e. The molecule has 1 aromatic heterocycles. The zero-order chi connectivity index (χ0) is 15.4. The molecule has 1 aromatic carbocycles. The number of hydrogen-bond acceptors (Lipinski definition) is 5. The highest BCUT2D eigenvalue weighted by molar-refractivity contribution is 5.96. The van der Waals surface area contributed by atoms with Crippen LogP contribution in [0.5, 0.6) is 0 Å². The summed E-state index contributed by atoms with van der Waals surface area (Å²) in [4.78, 5) is 30.9. The largest absolute Gasteiger partial charge is 0.478 e. The Bertz CT molecular complexity index is 700. The van der Waals surface area contributed by atoms with Gasteiger partial charge < -0.3 is 16.2 Å². The normalized spacial score (nSPS) is 10.1. The molecule has 7 nitrogen and oxygen atoms in total. The van der Waals surface area contributed by atoms with Gasteiger partial charge in [0.1, 0.15) is 0 Å². The maximum Gasteiger partial charge on any atom is 0.335 e. The van der Waals surface area contributed by atoms with Crippen molar-refractivity contribution in [1.82, 2.24) is 15.3 Å². The van der Waals surface area contributed by atoms with Gasteiger partial charge >= 0.3 is 5.97 Å². The van der Waals surface area contributed by atoms with Gasteiger partial charge in [0.2, 0.25) is 0 Å². The van der Waals surface area contributed by atoms with E-state index in [4.69, 9.17) is 10.8 Å². The first kappa shape index (κ1) is 14.4. The van der Waals surface area contributed by atoms with Crippen molar-refractivity contribution in [2.75, 3.05) is 12.3 Å². The second-order valence-corrected chi connectivity index (χ2v) is 4.23. The lowest BCUT2D eigenvalue weighted by atomic mass is 10.1. The second kappa shape index (κ2) is 6.00. The number of anilines is 1. The number of nitrogens with two attached hydrogens (primary N) is 1. The van der Waals surface area contributed by atoms with E-state index in [-0.39, 0.29) is 17.1 Å². The minimum absolute atomic E-state index is 0.0232. The lowest BCUT2D eigenvalue weighted by Crippen LogP contribution is -2.25. The van der Waals surface area contributed by atoms with E-state index in [1.54, 1.807) is 19.1 Å². The van der Waals surface area contributed by atoms with Crippen LogP contribution in [0.25, 0.3) is 11.3 Å². The van der Waals surface area contributed by atoms with E-state index in [1.165, 1.54) is 18.3 Å². The summed E-state index contributed by atoms with van der Waals surface area (Å²) in [6.07, 6.45) is 1.40. The van der Waals surface area contributed by atoms with Crippen molar-refractivity contribution >= 4 is 17.7 Å². The van der Waals surface area contributed by atoms with E-state index in [2.05, 4.69) is 15.3 Å². The SMILES string of the molecule is CCNC(=O)c1nc(-c2cccc(C(=O)O)c2)cnc1N. The summed E-state index contributed by atoms with van der Waals surface area (Å²) in [5, 5.41) is 11.6. The van der Waals surface area contributed by atoms with Gasteiger partial charge in [0.25, 0.3) is 5.91 Å². The summed E-state index contributed by atoms with van der Waals surface area (Å²) in [5.74, 6) is -1.43. The van der Waals surface area contributed by atoms with Crippen LogP contribution in [0.15, 0.2) is 30.5 Å². The number of nitrogens with zero attached hydrogens (tertiary/aromatic N) is 2. The zero-order valence-corrected chi connectivity index (χ0v) is 11.3. The van der Waals surface area contributed by atoms with Crippen LogP contribution >= 0.6 is 0 Å². The zero-order valence-electron chi connectivity index (χ0n) is 11.3. The summed E-state index contributed by atoms with van der Waals surface area (Å²) in [7, 11) is 0. The Labute approximate surface area is 120 Å². The minimum atomic E-state index is -1.04. The fourth-order valence-corrected chi connectivity index (χ4v) is 1.76. The number of rotatable bonds is 4. The van der Waals surface area contributed by atoms with E-state index in [9.17, 15) is 9.59 Å². The van der Waals surface area contributed by atoms with E-state index in [0.29, 0.717) is 17.8 Å². The van der Waals surface area contributed by atoms with Crippen LogP contribution in [-0.2, 0) is 0 Å². The molecular formula is C14H14N4O3. The standard InChI is InChI=1S/C14H14N4O3/c1-2-16-13(19)11-12(15)17-7-10(18-11)8-4-3-5-9(6-8)14(20)21/h3-7H,2H2,1H3,(H2,15,17)(H,16,19)(H,20,21). The summed E-state index contributed by atoms with van der Waals surface area (Å²) in [5.41, 5.74) is 6.73. The molecule has 0 bridgehead atoms. The number of nitrogen functional groups attached to an aromatic ring is 1. The molecule has 0 atom stereocenters. The molecule has 0 saturated carbocycles. The first-order chi connectivity index (χ1) is 10.0. The molecule has 1 amide bonds. The quantitative estimate of drug-likeness (QED) is 0.776. The highest BCUT2D eigenvalue weighted by Gasteiger charge is 2.14. The molecule has 0 aliphatic heterocycles. The van der Waals surface area contributed by atoms with E-state index in [0.717, 1.165) is 0 Å². The van der Waals surface area contributed by atoms with Crippen LogP contribution in [0.1, 0.15) is 27.8 Å². The van der Waals surface area contributed by atoms with Crippen molar-refractivity contribution in [3.63, 3.8) is 0 Å². The van der Waals surface area contributed by atoms with Gasteiger partial charge in [-0.1, -0.05) is 12.1 Å². The molecule has 7 heteroatoms. The van der Waals surface area contributed by atoms with Crippen LogP contribution in [0.3, 0.4) is 0 Å². The Morgan fingerprint density at radius 1 is 1.38 bits per heavy atom. The van der Waals surface area contributed by atoms with Crippen LogP contribution in [-0.4, -0.2) is 33.5 Å². The molecular weight excluding hydrogens is 272 g/mol. The molecule has 0 spiro atoms. The average Bonchev–Trinajstić information content (AvgIpc) is 2.48. The predicted molar refractivity (Wildman–Crippen MR) is 76.8 cm³/mol. The number of aromatic carboxylic acids is 1. The van der Waals surface area contributed by atoms with Gasteiger partial charge in [0.05, 0.1) is 17.5 Å². The fourth-order valence-electron chi connectivity index (χ4n) is 1.76. The Kier molecular flexibility index (Phi) is 4.13. The van der Waals surface area contributed by atoms with Gasteiger partial charge in [-0.05, 0) is 19.1 Å². The third-order valence-corrected chi connectivity index (χ3v) is 2.76. The van der Waals surface area contributed by atoms with Gasteiger partial charge in [0, 0.05) is 12.1 Å². The molecule has 0 aliphatic rings. The Morgan fingerprint density at radius 2 is 2.14 bits per heavy atom. The Balaban J connectivity index is 2.45. The van der Waals surface area contributed by atoms with Crippen LogP contribution in [0, 0.1) is 0 Å². The number of carbonyl (C=O) groups is 2. The number of benzene rings is 1. The summed E-state index contributed by atoms with van der Waals surface area (Å²) in [6, 6.07) is 6.22. The van der Waals surface area contributed by atoms with Crippen LogP contribution in [0.2, 0.25) is 0 Å². The maximum atomic E-state index is 11.8. The molecule has 2 rings (SSSR count). The summed E-state index contributed by atoms with van der Waals surface area (Å²) >= 11 is 0. The van der Waals surface area contributed by atoms with Gasteiger partial charge in [-0.25, -0.2) is 14.8 Å². The van der Waals surface area contributed by atoms with Gasteiger partial charge in [-0.15, -0.1) is 0 Å². The summed E-state index contributed by atoms with van der Waals surface area (Å²) < 4.78 is 0. The molecule has 0 unspecified atom stereocenters. The fraction of sp³-hybridized carbons (Fsp3) is 0.143. The molecule has 2 aromatic rings. The average molecular weight is 286 g/mol. The van der Waals surface area contributed by atoms with Crippen molar-refractivity contribution in [3.05, 3.63) is 41.7 Å². The topological polar surface area (TPSA) is 118 Å². The molecule has 108 valence electrons. The van der Waals surface area contributed by atoms with Crippen LogP contribution < -0.4 is 11.1 Å². The molecule has 0 radical (unpaired) electrons. The minimum Gasteiger partial charge on any atom is -0.478 e. The number of hydrogen-bond donors (Lipinski definition) is 3. The van der Waals surface area contributed by atoms with Crippen molar-refractivity contribution < 1.29 is 14.7 Å². The molecule has 0 fully saturated rings. The molecule has 0 saturated heterocycles. The number of carboxylic acids is 1. The highest BCUT2D eigenvalue weighted by Crippen LogP contribution is 2.19. The van der Waals surface area contributed by atoms with E-state index >= 15 is 0 Å². The van der Waals surface area contributed by atoms with Crippen molar-refractivity contribution in [2.45, 2.75) is 6.92 Å². The number of amides is 1. The van der Waals surface area contributed by atoms with Gasteiger partial charge in [-0.2, -0.15) is 0 Å². The highest BCUT2D eigenvalue weighted by atomic mass is 16.4. The summed E-state index contributed by atoms with van der Waals surface area (Å²) in [6.45, 7) is 2.22. The maximum absolute atomic E-state index is 11.8. The molecule has 21 heavy (non-hydrogen) atoms. The first-order valence-electron chi connectivity index (χ1n) is 6.27. The predicted octanol–water partition coefficient (Wildman–Crippen LogP) is 1.17. The lowest BCUT2D eigenvalue weighted by molar-refractivity contribution is 0.0696. The van der Waals surface area contributed by atoms with Gasteiger partial charge in [0.15, 0.2) is 11.5 Å². The van der Waals surface area contributed by atoms with E-state index in [1.807, 2.05) is 0 Å². The monoisotopic (exact) mass is 286 g/mol. The van der Waals surface area contributed by atoms with E-state index < -0.39 is 11.9 Å². The number of nitrogens with one attached hydrogen (secondary N) is 1. The first-order valence-corrected chi connectivity index (χ1v) is 6.27. The number of carboxylic acid groups (broad SMARTS) is 1. The molecule has 4 N–H and O–H groups in total. The van der Waals surface area contributed by atoms with Crippen molar-refractivity contribution in [1.29, 1.82) is 0 Å². The molecule has 0 aliphatic carbocycles. The van der Waals surface area contributed by atoms with Crippen molar-refractivity contribution in [2.24, 2.45) is 0 Å². The molecule has 1 heterocycles. The number of carbonyl (C=O) groups excluding carboxylic acids is 1. The van der Waals surface area contributed by atoms with Crippen molar-refractivity contribution in [3.8, 4) is 11.3 Å². The Morgan fingerprint density at radius 3 is 2.81 bits per heavy atom. The van der Waals surface area contributed by atoms with Gasteiger partial charge in [-0.3, -0.25) is 4.79 Å². The lowest BCUT2D eigenvalue weighted by Gasteiger charge is -2.07. The number of aromatic nitrogens is 2.